The summed E-state index contributed by atoms with van der Waals surface area (Å²) >= 11 is 0. The number of pyridine rings is 1. The van der Waals surface area contributed by atoms with Gasteiger partial charge in [0.25, 0.3) is 0 Å². The summed E-state index contributed by atoms with van der Waals surface area (Å²) in [5, 5.41) is 3.68. The number of ether oxygens (including phenoxy) is 2. The lowest BCUT2D eigenvalue weighted by Gasteiger charge is -2.31. The van der Waals surface area contributed by atoms with E-state index in [1.807, 2.05) is 75.1 Å². The number of nitrogens with zero attached hydrogens (tertiary/aromatic N) is 3. The number of anilines is 1. The molecule has 2 aromatic rings. The Morgan fingerprint density at radius 3 is 2.49 bits per heavy atom. The average Bonchev–Trinajstić information content (AvgIpc) is 3.36. The number of aryl methyl sites for hydroxylation is 2. The summed E-state index contributed by atoms with van der Waals surface area (Å²) in [5.74, 6) is 1.38. The molecule has 2 fully saturated rings. The maximum Gasteiger partial charge on any atom is 0.416 e. The fraction of sp³-hybridized carbons (Fsp3) is 0.562. The molecule has 4 atom stereocenters. The van der Waals surface area contributed by atoms with Crippen LogP contribution in [0.4, 0.5) is 10.6 Å². The SMILES string of the molecule is CCOC(=O)CC(NC1[C@H]2CN(C(=O)CCc3ccc4c(n3)N(C(=O)OC(C)(C)C)CCC4)C[C@@H]12)c1ccccc1. The van der Waals surface area contributed by atoms with E-state index in [2.05, 4.69) is 5.32 Å². The number of hydrogen-bond acceptors (Lipinski definition) is 7. The quantitative estimate of drug-likeness (QED) is 0.451. The van der Waals surface area contributed by atoms with Gasteiger partial charge in [0.2, 0.25) is 5.91 Å². The number of rotatable bonds is 9. The average molecular weight is 563 g/mol. The van der Waals surface area contributed by atoms with E-state index in [4.69, 9.17) is 14.5 Å². The van der Waals surface area contributed by atoms with E-state index >= 15 is 0 Å². The summed E-state index contributed by atoms with van der Waals surface area (Å²) in [6.45, 7) is 9.80. The largest absolute Gasteiger partial charge is 0.466 e. The summed E-state index contributed by atoms with van der Waals surface area (Å²) in [5.41, 5.74) is 2.34. The zero-order valence-corrected chi connectivity index (χ0v) is 24.6. The Bertz CT molecular complexity index is 1250. The highest BCUT2D eigenvalue weighted by Gasteiger charge is 2.57. The number of esters is 1. The molecule has 3 heterocycles. The molecule has 5 rings (SSSR count). The first-order chi connectivity index (χ1) is 19.6. The molecule has 2 amide bonds. The molecule has 3 aliphatic rings. The van der Waals surface area contributed by atoms with Crippen LogP contribution in [0, 0.1) is 11.8 Å². The number of aromatic nitrogens is 1. The lowest BCUT2D eigenvalue weighted by atomic mass is 10.0. The molecule has 2 aliphatic heterocycles. The maximum atomic E-state index is 13.1. The molecule has 0 bridgehead atoms. The molecule has 0 spiro atoms. The molecule has 2 unspecified atom stereocenters. The van der Waals surface area contributed by atoms with Gasteiger partial charge in [0.05, 0.1) is 13.0 Å². The molecule has 1 N–H and O–H groups in total. The van der Waals surface area contributed by atoms with E-state index in [9.17, 15) is 14.4 Å². The number of fused-ring (bicyclic) bond motifs is 2. The van der Waals surface area contributed by atoms with E-state index < -0.39 is 5.60 Å². The van der Waals surface area contributed by atoms with Crippen LogP contribution < -0.4 is 10.2 Å². The molecular formula is C32H42N4O5. The fourth-order valence-corrected chi connectivity index (χ4v) is 6.06. The second-order valence-electron chi connectivity index (χ2n) is 12.3. The summed E-state index contributed by atoms with van der Waals surface area (Å²) in [7, 11) is 0. The minimum Gasteiger partial charge on any atom is -0.466 e. The van der Waals surface area contributed by atoms with Gasteiger partial charge in [0, 0.05) is 43.8 Å². The smallest absolute Gasteiger partial charge is 0.416 e. The Morgan fingerprint density at radius 1 is 1.07 bits per heavy atom. The van der Waals surface area contributed by atoms with Crippen LogP contribution in [0.1, 0.15) is 69.8 Å². The van der Waals surface area contributed by atoms with Crippen LogP contribution >= 0.6 is 0 Å². The summed E-state index contributed by atoms with van der Waals surface area (Å²) < 4.78 is 10.8. The van der Waals surface area contributed by atoms with Crippen molar-refractivity contribution in [3.63, 3.8) is 0 Å². The van der Waals surface area contributed by atoms with Crippen molar-refractivity contribution >= 4 is 23.8 Å². The molecule has 1 saturated carbocycles. The van der Waals surface area contributed by atoms with Gasteiger partial charge in [-0.3, -0.25) is 14.5 Å². The van der Waals surface area contributed by atoms with Crippen LogP contribution in [-0.4, -0.2) is 65.7 Å². The number of amides is 2. The normalized spacial score (nSPS) is 22.0. The van der Waals surface area contributed by atoms with Gasteiger partial charge in [-0.15, -0.1) is 0 Å². The van der Waals surface area contributed by atoms with E-state index in [1.54, 1.807) is 4.90 Å². The molecule has 9 nitrogen and oxygen atoms in total. The predicted molar refractivity (Wildman–Crippen MR) is 155 cm³/mol. The van der Waals surface area contributed by atoms with Gasteiger partial charge in [-0.05, 0) is 76.0 Å². The number of benzene rings is 1. The van der Waals surface area contributed by atoms with Gasteiger partial charge >= 0.3 is 12.1 Å². The van der Waals surface area contributed by atoms with Gasteiger partial charge in [0.15, 0.2) is 0 Å². The summed E-state index contributed by atoms with van der Waals surface area (Å²) in [6, 6.07) is 14.2. The van der Waals surface area contributed by atoms with Crippen molar-refractivity contribution in [1.82, 2.24) is 15.2 Å². The highest BCUT2D eigenvalue weighted by molar-refractivity contribution is 5.88. The number of carbonyl (C=O) groups is 3. The first kappa shape index (κ1) is 29.0. The lowest BCUT2D eigenvalue weighted by Crippen LogP contribution is -2.40. The van der Waals surface area contributed by atoms with Gasteiger partial charge in [-0.25, -0.2) is 9.78 Å². The third kappa shape index (κ3) is 7.07. The van der Waals surface area contributed by atoms with E-state index in [0.29, 0.717) is 49.7 Å². The van der Waals surface area contributed by atoms with Crippen LogP contribution in [0.5, 0.6) is 0 Å². The van der Waals surface area contributed by atoms with E-state index in [0.717, 1.165) is 42.8 Å². The Labute approximate surface area is 242 Å². The first-order valence-electron chi connectivity index (χ1n) is 14.9. The van der Waals surface area contributed by atoms with Crippen LogP contribution in [0.3, 0.4) is 0 Å². The molecule has 220 valence electrons. The van der Waals surface area contributed by atoms with Crippen molar-refractivity contribution in [3.05, 3.63) is 59.3 Å². The van der Waals surface area contributed by atoms with Crippen molar-refractivity contribution in [2.24, 2.45) is 11.8 Å². The predicted octanol–water partition coefficient (Wildman–Crippen LogP) is 4.44. The van der Waals surface area contributed by atoms with Crippen molar-refractivity contribution < 1.29 is 23.9 Å². The third-order valence-corrected chi connectivity index (χ3v) is 8.12. The Morgan fingerprint density at radius 2 is 1.80 bits per heavy atom. The van der Waals surface area contributed by atoms with Gasteiger partial charge in [-0.2, -0.15) is 0 Å². The van der Waals surface area contributed by atoms with Crippen LogP contribution in [-0.2, 0) is 31.9 Å². The van der Waals surface area contributed by atoms with Crippen LogP contribution in [0.15, 0.2) is 42.5 Å². The highest BCUT2D eigenvalue weighted by atomic mass is 16.6. The van der Waals surface area contributed by atoms with Gasteiger partial charge in [-0.1, -0.05) is 36.4 Å². The van der Waals surface area contributed by atoms with Crippen molar-refractivity contribution in [3.8, 4) is 0 Å². The van der Waals surface area contributed by atoms with Crippen LogP contribution in [0.25, 0.3) is 0 Å². The lowest BCUT2D eigenvalue weighted by molar-refractivity contribution is -0.143. The second-order valence-corrected chi connectivity index (χ2v) is 12.3. The molecule has 1 aromatic heterocycles. The minimum atomic E-state index is -0.576. The number of hydrogen-bond donors (Lipinski definition) is 1. The molecule has 0 radical (unpaired) electrons. The Hall–Kier alpha value is -3.46. The Balaban J connectivity index is 1.14. The monoisotopic (exact) mass is 562 g/mol. The topological polar surface area (TPSA) is 101 Å². The number of carbonyl (C=O) groups excluding carboxylic acids is 3. The second kappa shape index (κ2) is 12.2. The highest BCUT2D eigenvalue weighted by Crippen LogP contribution is 2.47. The fourth-order valence-electron chi connectivity index (χ4n) is 6.06. The van der Waals surface area contributed by atoms with Gasteiger partial charge < -0.3 is 19.7 Å². The van der Waals surface area contributed by atoms with E-state index in [-0.39, 0.29) is 30.4 Å². The number of piperidine rings is 1. The molecule has 41 heavy (non-hydrogen) atoms. The third-order valence-electron chi connectivity index (χ3n) is 8.12. The maximum absolute atomic E-state index is 13.1. The molecule has 1 saturated heterocycles. The van der Waals surface area contributed by atoms with Crippen molar-refractivity contribution in [2.45, 2.75) is 77.5 Å². The molecular weight excluding hydrogens is 520 g/mol. The van der Waals surface area contributed by atoms with E-state index in [1.165, 1.54) is 0 Å². The van der Waals surface area contributed by atoms with Crippen LogP contribution in [0.2, 0.25) is 0 Å². The summed E-state index contributed by atoms with van der Waals surface area (Å²) in [4.78, 5) is 46.5. The number of likely N-dealkylation sites (tertiary alicyclic amines) is 1. The minimum absolute atomic E-state index is 0.106. The standard InChI is InChI=1S/C32H42N4O5/c1-5-40-28(38)18-26(21-10-7-6-8-11-21)34-29-24-19-35(20-25(24)29)27(37)16-15-23-14-13-22-12-9-17-36(30(22)33-23)31(39)41-32(2,3)4/h6-8,10-11,13-14,24-26,29,34H,5,9,12,15-20H2,1-4H3/t24-,25+,26?,29?. The molecule has 1 aromatic carbocycles. The van der Waals surface area contributed by atoms with Crippen molar-refractivity contribution in [1.29, 1.82) is 0 Å². The zero-order chi connectivity index (χ0) is 29.1. The summed E-state index contributed by atoms with van der Waals surface area (Å²) in [6.07, 6.45) is 2.55. The first-order valence-corrected chi connectivity index (χ1v) is 14.9. The van der Waals surface area contributed by atoms with Crippen molar-refractivity contribution in [2.75, 3.05) is 31.1 Å². The molecule has 1 aliphatic carbocycles. The zero-order valence-electron chi connectivity index (χ0n) is 24.6. The Kier molecular flexibility index (Phi) is 8.63. The molecule has 9 heteroatoms. The van der Waals surface area contributed by atoms with Gasteiger partial charge in [0.1, 0.15) is 11.4 Å². The number of nitrogens with one attached hydrogen (secondary N) is 1.